The highest BCUT2D eigenvalue weighted by Gasteiger charge is 2.28. The van der Waals surface area contributed by atoms with Crippen LogP contribution in [0, 0.1) is 0 Å². The summed E-state index contributed by atoms with van der Waals surface area (Å²) < 4.78 is 1.49. The highest BCUT2D eigenvalue weighted by Crippen LogP contribution is 2.10. The second kappa shape index (κ2) is 8.24. The molecule has 138 valence electrons. The Morgan fingerprint density at radius 2 is 1.89 bits per heavy atom. The van der Waals surface area contributed by atoms with Gasteiger partial charge in [0.25, 0.3) is 5.91 Å². The maximum absolute atomic E-state index is 12.5. The minimum Gasteiger partial charge on any atom is -0.479 e. The first-order valence-corrected chi connectivity index (χ1v) is 8.25. The van der Waals surface area contributed by atoms with E-state index in [4.69, 9.17) is 5.11 Å². The molecule has 1 aromatic carbocycles. The number of aliphatic carboxylic acids is 1. The fourth-order valence-electron chi connectivity index (χ4n) is 2.60. The molecule has 0 saturated carbocycles. The van der Waals surface area contributed by atoms with Crippen LogP contribution in [0.4, 0.5) is 0 Å². The molecular formula is C19H18N4O4. The number of rotatable bonds is 7. The van der Waals surface area contributed by atoms with Crippen LogP contribution in [0.2, 0.25) is 0 Å². The first-order valence-electron chi connectivity index (χ1n) is 8.25. The van der Waals surface area contributed by atoms with Crippen molar-refractivity contribution in [1.29, 1.82) is 0 Å². The predicted molar refractivity (Wildman–Crippen MR) is 96.4 cm³/mol. The summed E-state index contributed by atoms with van der Waals surface area (Å²) in [5.41, 5.74) is 1.73. The van der Waals surface area contributed by atoms with Gasteiger partial charge in [0.05, 0.1) is 29.7 Å². The number of carboxylic acids is 1. The van der Waals surface area contributed by atoms with Gasteiger partial charge in [0.15, 0.2) is 6.10 Å². The largest absolute Gasteiger partial charge is 0.479 e. The minimum atomic E-state index is -1.73. The molecule has 27 heavy (non-hydrogen) atoms. The van der Waals surface area contributed by atoms with E-state index in [0.717, 1.165) is 5.56 Å². The molecule has 2 unspecified atom stereocenters. The van der Waals surface area contributed by atoms with Gasteiger partial charge in [0, 0.05) is 12.4 Å². The van der Waals surface area contributed by atoms with Crippen molar-refractivity contribution >= 4 is 11.9 Å². The third-order valence-corrected chi connectivity index (χ3v) is 4.00. The number of carbonyl (C=O) groups excluding carboxylic acids is 1. The average Bonchev–Trinajstić information content (AvgIpc) is 3.18. The van der Waals surface area contributed by atoms with Gasteiger partial charge in [-0.05, 0) is 24.1 Å². The minimum absolute atomic E-state index is 0.177. The Balaban J connectivity index is 1.76. The lowest BCUT2D eigenvalue weighted by Crippen LogP contribution is -2.48. The summed E-state index contributed by atoms with van der Waals surface area (Å²) in [6.07, 6.45) is 4.55. The van der Waals surface area contributed by atoms with Gasteiger partial charge in [0.1, 0.15) is 0 Å². The lowest BCUT2D eigenvalue weighted by atomic mass is 10.0. The Bertz CT molecular complexity index is 912. The zero-order chi connectivity index (χ0) is 19.2. The molecule has 3 rings (SSSR count). The molecule has 0 aliphatic rings. The van der Waals surface area contributed by atoms with Crippen LogP contribution in [0.5, 0.6) is 0 Å². The first-order chi connectivity index (χ1) is 13.0. The maximum atomic E-state index is 12.5. The Morgan fingerprint density at radius 1 is 1.11 bits per heavy atom. The lowest BCUT2D eigenvalue weighted by molar-refractivity contribution is -0.148. The number of aliphatic hydroxyl groups excluding tert-OH is 1. The molecule has 0 bridgehead atoms. The number of carbonyl (C=O) groups is 2. The van der Waals surface area contributed by atoms with Gasteiger partial charge in [-0.15, -0.1) is 0 Å². The third-order valence-electron chi connectivity index (χ3n) is 4.00. The van der Waals surface area contributed by atoms with E-state index in [9.17, 15) is 14.7 Å². The molecular weight excluding hydrogens is 348 g/mol. The highest BCUT2D eigenvalue weighted by atomic mass is 16.4. The molecule has 8 nitrogen and oxygen atoms in total. The standard InChI is InChI=1S/C19H18N4O4/c24-17(19(26)27)16(9-13-5-2-1-3-6-13)22-18(25)14-10-21-23(12-14)15-7-4-8-20-11-15/h1-8,10-12,16-17,24H,9H2,(H,22,25)(H,26,27). The summed E-state index contributed by atoms with van der Waals surface area (Å²) in [6.45, 7) is 0. The molecule has 0 saturated heterocycles. The van der Waals surface area contributed by atoms with Crippen LogP contribution in [0.3, 0.4) is 0 Å². The van der Waals surface area contributed by atoms with E-state index in [1.807, 2.05) is 6.07 Å². The molecule has 2 aromatic heterocycles. The highest BCUT2D eigenvalue weighted by molar-refractivity contribution is 5.94. The predicted octanol–water partition coefficient (Wildman–Crippen LogP) is 1.05. The molecule has 8 heteroatoms. The first kappa shape index (κ1) is 18.3. The number of hydrogen-bond donors (Lipinski definition) is 3. The normalized spacial score (nSPS) is 12.9. The molecule has 3 aromatic rings. The number of nitrogens with one attached hydrogen (secondary N) is 1. The van der Waals surface area contributed by atoms with Crippen molar-refractivity contribution in [3.8, 4) is 5.69 Å². The van der Waals surface area contributed by atoms with Crippen LogP contribution < -0.4 is 5.32 Å². The summed E-state index contributed by atoms with van der Waals surface area (Å²) in [6, 6.07) is 11.6. The molecule has 0 aliphatic carbocycles. The molecule has 2 heterocycles. The van der Waals surface area contributed by atoms with E-state index in [-0.39, 0.29) is 12.0 Å². The zero-order valence-electron chi connectivity index (χ0n) is 14.3. The summed E-state index contributed by atoms with van der Waals surface area (Å²) >= 11 is 0. The monoisotopic (exact) mass is 366 g/mol. The quantitative estimate of drug-likeness (QED) is 0.575. The maximum Gasteiger partial charge on any atom is 0.334 e. The Morgan fingerprint density at radius 3 is 2.56 bits per heavy atom. The van der Waals surface area contributed by atoms with Gasteiger partial charge in [-0.25, -0.2) is 9.48 Å². The molecule has 0 fully saturated rings. The number of benzene rings is 1. The number of aliphatic hydroxyl groups is 1. The van der Waals surface area contributed by atoms with Gasteiger partial charge < -0.3 is 15.5 Å². The van der Waals surface area contributed by atoms with E-state index < -0.39 is 24.0 Å². The van der Waals surface area contributed by atoms with Gasteiger partial charge in [-0.3, -0.25) is 9.78 Å². The molecule has 1 amide bonds. The summed E-state index contributed by atoms with van der Waals surface area (Å²) in [5, 5.41) is 25.8. The fourth-order valence-corrected chi connectivity index (χ4v) is 2.60. The Kier molecular flexibility index (Phi) is 5.58. The van der Waals surface area contributed by atoms with Crippen LogP contribution in [0.25, 0.3) is 5.69 Å². The van der Waals surface area contributed by atoms with Gasteiger partial charge >= 0.3 is 5.97 Å². The fraction of sp³-hybridized carbons (Fsp3) is 0.158. The third kappa shape index (κ3) is 4.56. The lowest BCUT2D eigenvalue weighted by Gasteiger charge is -2.21. The van der Waals surface area contributed by atoms with Crippen LogP contribution in [0.15, 0.2) is 67.3 Å². The van der Waals surface area contributed by atoms with Gasteiger partial charge in [0.2, 0.25) is 0 Å². The Hall–Kier alpha value is -3.52. The van der Waals surface area contributed by atoms with Crippen molar-refractivity contribution in [2.24, 2.45) is 0 Å². The van der Waals surface area contributed by atoms with Crippen LogP contribution in [-0.4, -0.2) is 49.0 Å². The number of aromatic nitrogens is 3. The number of hydrogen-bond acceptors (Lipinski definition) is 5. The van der Waals surface area contributed by atoms with E-state index in [1.54, 1.807) is 48.8 Å². The zero-order valence-corrected chi connectivity index (χ0v) is 14.3. The smallest absolute Gasteiger partial charge is 0.334 e. The second-order valence-corrected chi connectivity index (χ2v) is 5.94. The summed E-state index contributed by atoms with van der Waals surface area (Å²) in [7, 11) is 0. The molecule has 3 N–H and O–H groups in total. The van der Waals surface area contributed by atoms with Gasteiger partial charge in [-0.2, -0.15) is 5.10 Å². The van der Waals surface area contributed by atoms with Crippen LogP contribution in [0.1, 0.15) is 15.9 Å². The van der Waals surface area contributed by atoms with E-state index in [0.29, 0.717) is 5.69 Å². The topological polar surface area (TPSA) is 117 Å². The van der Waals surface area contributed by atoms with Crippen molar-refractivity contribution < 1.29 is 19.8 Å². The molecule has 0 radical (unpaired) electrons. The summed E-state index contributed by atoms with van der Waals surface area (Å²) in [4.78, 5) is 27.7. The van der Waals surface area contributed by atoms with Crippen LogP contribution >= 0.6 is 0 Å². The van der Waals surface area contributed by atoms with Crippen molar-refractivity contribution in [2.45, 2.75) is 18.6 Å². The Labute approximate surface area is 155 Å². The van der Waals surface area contributed by atoms with Crippen molar-refractivity contribution in [1.82, 2.24) is 20.1 Å². The van der Waals surface area contributed by atoms with Crippen molar-refractivity contribution in [3.05, 3.63) is 78.4 Å². The van der Waals surface area contributed by atoms with Crippen molar-refractivity contribution in [2.75, 3.05) is 0 Å². The summed E-state index contributed by atoms with van der Waals surface area (Å²) in [5.74, 6) is -1.92. The average molecular weight is 366 g/mol. The molecule has 2 atom stereocenters. The number of carboxylic acid groups (broad SMARTS) is 1. The van der Waals surface area contributed by atoms with E-state index in [1.165, 1.54) is 17.1 Å². The number of nitrogens with zero attached hydrogens (tertiary/aromatic N) is 3. The van der Waals surface area contributed by atoms with Crippen LogP contribution in [-0.2, 0) is 11.2 Å². The SMILES string of the molecule is O=C(NC(Cc1ccccc1)C(O)C(=O)O)c1cnn(-c2cccnc2)c1. The molecule has 0 spiro atoms. The van der Waals surface area contributed by atoms with Gasteiger partial charge in [-0.1, -0.05) is 30.3 Å². The van der Waals surface area contributed by atoms with E-state index >= 15 is 0 Å². The number of amides is 1. The second-order valence-electron chi connectivity index (χ2n) is 5.94. The number of pyridine rings is 1. The molecule has 0 aliphatic heterocycles. The van der Waals surface area contributed by atoms with Crippen molar-refractivity contribution in [3.63, 3.8) is 0 Å². The van der Waals surface area contributed by atoms with E-state index in [2.05, 4.69) is 15.4 Å².